The summed E-state index contributed by atoms with van der Waals surface area (Å²) in [5.74, 6) is -5.52. The first-order chi connectivity index (χ1) is 7.54. The standard InChI is InChI=1S/C11H18O6/c1-6(9(14)15)7(5-8(12)13)10(16)17-11(2,3)4/h6-7H,5H2,1-4H3,(H,12,13)(H,14,15). The summed E-state index contributed by atoms with van der Waals surface area (Å²) in [5.41, 5.74) is -0.772. The molecule has 2 unspecified atom stereocenters. The fourth-order valence-corrected chi connectivity index (χ4v) is 1.20. The Labute approximate surface area is 99.6 Å². The van der Waals surface area contributed by atoms with Crippen molar-refractivity contribution < 1.29 is 29.3 Å². The summed E-state index contributed by atoms with van der Waals surface area (Å²) >= 11 is 0. The van der Waals surface area contributed by atoms with Crippen LogP contribution in [-0.2, 0) is 19.1 Å². The molecule has 0 rings (SSSR count). The third-order valence-corrected chi connectivity index (χ3v) is 2.10. The second-order valence-corrected chi connectivity index (χ2v) is 4.86. The number of carboxylic acid groups (broad SMARTS) is 2. The van der Waals surface area contributed by atoms with E-state index in [2.05, 4.69) is 0 Å². The van der Waals surface area contributed by atoms with Gasteiger partial charge in [0.1, 0.15) is 5.60 Å². The van der Waals surface area contributed by atoms with Crippen LogP contribution in [0.25, 0.3) is 0 Å². The lowest BCUT2D eigenvalue weighted by Crippen LogP contribution is -2.35. The fraction of sp³-hybridized carbons (Fsp3) is 0.727. The van der Waals surface area contributed by atoms with Crippen molar-refractivity contribution in [2.75, 3.05) is 0 Å². The predicted molar refractivity (Wildman–Crippen MR) is 58.4 cm³/mol. The zero-order chi connectivity index (χ0) is 13.8. The van der Waals surface area contributed by atoms with E-state index in [-0.39, 0.29) is 0 Å². The highest BCUT2D eigenvalue weighted by molar-refractivity contribution is 5.84. The maximum Gasteiger partial charge on any atom is 0.310 e. The summed E-state index contributed by atoms with van der Waals surface area (Å²) in [6, 6.07) is 0. The summed E-state index contributed by atoms with van der Waals surface area (Å²) in [6.07, 6.45) is -0.553. The van der Waals surface area contributed by atoms with E-state index in [1.54, 1.807) is 20.8 Å². The molecule has 0 aliphatic rings. The number of carboxylic acids is 2. The van der Waals surface area contributed by atoms with E-state index in [1.807, 2.05) is 0 Å². The summed E-state index contributed by atoms with van der Waals surface area (Å²) in [4.78, 5) is 33.1. The van der Waals surface area contributed by atoms with Gasteiger partial charge in [-0.05, 0) is 20.8 Å². The average Bonchev–Trinajstić information content (AvgIpc) is 2.09. The quantitative estimate of drug-likeness (QED) is 0.705. The number of aliphatic carboxylic acids is 2. The third kappa shape index (κ3) is 5.89. The molecule has 17 heavy (non-hydrogen) atoms. The van der Waals surface area contributed by atoms with Gasteiger partial charge in [-0.1, -0.05) is 6.92 Å². The minimum Gasteiger partial charge on any atom is -0.481 e. The van der Waals surface area contributed by atoms with Gasteiger partial charge in [0.15, 0.2) is 0 Å². The van der Waals surface area contributed by atoms with E-state index in [4.69, 9.17) is 14.9 Å². The number of carbonyl (C=O) groups is 3. The minimum atomic E-state index is -1.23. The number of hydrogen-bond acceptors (Lipinski definition) is 4. The normalized spacial score (nSPS) is 14.8. The number of ether oxygens (including phenoxy) is 1. The van der Waals surface area contributed by atoms with Gasteiger partial charge in [-0.15, -0.1) is 0 Å². The zero-order valence-electron chi connectivity index (χ0n) is 10.4. The number of hydrogen-bond donors (Lipinski definition) is 2. The van der Waals surface area contributed by atoms with Crippen LogP contribution >= 0.6 is 0 Å². The van der Waals surface area contributed by atoms with E-state index in [0.717, 1.165) is 0 Å². The van der Waals surface area contributed by atoms with Crippen molar-refractivity contribution in [3.8, 4) is 0 Å². The Bertz CT molecular complexity index is 314. The maximum absolute atomic E-state index is 11.7. The average molecular weight is 246 g/mol. The summed E-state index contributed by atoms with van der Waals surface area (Å²) in [7, 11) is 0. The smallest absolute Gasteiger partial charge is 0.310 e. The lowest BCUT2D eigenvalue weighted by Gasteiger charge is -2.24. The molecule has 0 aromatic heterocycles. The number of rotatable bonds is 5. The second-order valence-electron chi connectivity index (χ2n) is 4.86. The van der Waals surface area contributed by atoms with Crippen molar-refractivity contribution in [2.45, 2.75) is 39.7 Å². The number of carbonyl (C=O) groups excluding carboxylic acids is 1. The molecule has 0 saturated carbocycles. The van der Waals surface area contributed by atoms with Crippen LogP contribution in [0.3, 0.4) is 0 Å². The van der Waals surface area contributed by atoms with Crippen LogP contribution in [0.15, 0.2) is 0 Å². The van der Waals surface area contributed by atoms with Crippen molar-refractivity contribution in [1.82, 2.24) is 0 Å². The fourth-order valence-electron chi connectivity index (χ4n) is 1.20. The van der Waals surface area contributed by atoms with Crippen molar-refractivity contribution >= 4 is 17.9 Å². The minimum absolute atomic E-state index is 0.553. The van der Waals surface area contributed by atoms with Gasteiger partial charge in [0.25, 0.3) is 0 Å². The Morgan fingerprint density at radius 2 is 1.65 bits per heavy atom. The van der Waals surface area contributed by atoms with Gasteiger partial charge in [0.05, 0.1) is 18.3 Å². The monoisotopic (exact) mass is 246 g/mol. The second kappa shape index (κ2) is 5.65. The van der Waals surface area contributed by atoms with Gasteiger partial charge in [-0.3, -0.25) is 14.4 Å². The van der Waals surface area contributed by atoms with Gasteiger partial charge >= 0.3 is 17.9 Å². The summed E-state index contributed by atoms with van der Waals surface area (Å²) in [6.45, 7) is 6.19. The van der Waals surface area contributed by atoms with Crippen LogP contribution in [0.2, 0.25) is 0 Å². The molecule has 0 aromatic rings. The molecule has 0 aromatic carbocycles. The Hall–Kier alpha value is -1.59. The highest BCUT2D eigenvalue weighted by Crippen LogP contribution is 2.21. The molecule has 2 N–H and O–H groups in total. The lowest BCUT2D eigenvalue weighted by atomic mass is 9.91. The molecule has 0 heterocycles. The molecular formula is C11H18O6. The molecule has 0 fully saturated rings. The molecule has 2 atom stereocenters. The molecule has 98 valence electrons. The van der Waals surface area contributed by atoms with Crippen LogP contribution < -0.4 is 0 Å². The van der Waals surface area contributed by atoms with Gasteiger partial charge in [0.2, 0.25) is 0 Å². The molecule has 0 spiro atoms. The molecule has 0 aliphatic carbocycles. The SMILES string of the molecule is CC(C(=O)O)C(CC(=O)O)C(=O)OC(C)(C)C. The molecule has 6 nitrogen and oxygen atoms in total. The van der Waals surface area contributed by atoms with Gasteiger partial charge in [0, 0.05) is 0 Å². The number of esters is 1. The van der Waals surface area contributed by atoms with Crippen molar-refractivity contribution in [3.63, 3.8) is 0 Å². The molecule has 0 amide bonds. The Morgan fingerprint density at radius 3 is 1.94 bits per heavy atom. The predicted octanol–water partition coefficient (Wildman–Crippen LogP) is 1.14. The first-order valence-corrected chi connectivity index (χ1v) is 5.22. The van der Waals surface area contributed by atoms with Crippen LogP contribution in [-0.4, -0.2) is 33.7 Å². The highest BCUT2D eigenvalue weighted by Gasteiger charge is 2.35. The van der Waals surface area contributed by atoms with Crippen LogP contribution in [0.1, 0.15) is 34.1 Å². The van der Waals surface area contributed by atoms with Crippen LogP contribution in [0.5, 0.6) is 0 Å². The van der Waals surface area contributed by atoms with Crippen molar-refractivity contribution in [3.05, 3.63) is 0 Å². The van der Waals surface area contributed by atoms with Gasteiger partial charge in [-0.25, -0.2) is 0 Å². The molecule has 0 radical (unpaired) electrons. The zero-order valence-corrected chi connectivity index (χ0v) is 10.4. The van der Waals surface area contributed by atoms with Crippen LogP contribution in [0, 0.1) is 11.8 Å². The van der Waals surface area contributed by atoms with Gasteiger partial charge in [-0.2, -0.15) is 0 Å². The lowest BCUT2D eigenvalue weighted by molar-refractivity contribution is -0.168. The Morgan fingerprint density at radius 1 is 1.18 bits per heavy atom. The van der Waals surface area contributed by atoms with E-state index in [1.165, 1.54) is 6.92 Å². The maximum atomic E-state index is 11.7. The highest BCUT2D eigenvalue weighted by atomic mass is 16.6. The van der Waals surface area contributed by atoms with Crippen molar-refractivity contribution in [1.29, 1.82) is 0 Å². The molecule has 0 aliphatic heterocycles. The van der Waals surface area contributed by atoms with Gasteiger partial charge < -0.3 is 14.9 Å². The molecule has 0 saturated heterocycles. The first kappa shape index (κ1) is 15.4. The Balaban J connectivity index is 4.86. The largest absolute Gasteiger partial charge is 0.481 e. The first-order valence-electron chi connectivity index (χ1n) is 5.22. The van der Waals surface area contributed by atoms with Crippen LogP contribution in [0.4, 0.5) is 0 Å². The topological polar surface area (TPSA) is 101 Å². The molecule has 0 bridgehead atoms. The third-order valence-electron chi connectivity index (χ3n) is 2.10. The van der Waals surface area contributed by atoms with E-state index >= 15 is 0 Å². The van der Waals surface area contributed by atoms with E-state index in [9.17, 15) is 14.4 Å². The Kier molecular flexibility index (Phi) is 5.12. The summed E-state index contributed by atoms with van der Waals surface area (Å²) in [5, 5.41) is 17.5. The van der Waals surface area contributed by atoms with E-state index < -0.39 is 41.8 Å². The molecular weight excluding hydrogens is 228 g/mol. The summed E-state index contributed by atoms with van der Waals surface area (Å²) < 4.78 is 5.01. The van der Waals surface area contributed by atoms with Crippen molar-refractivity contribution in [2.24, 2.45) is 11.8 Å². The van der Waals surface area contributed by atoms with E-state index in [0.29, 0.717) is 0 Å². The molecule has 6 heteroatoms.